The second kappa shape index (κ2) is 7.21. The van der Waals surface area contributed by atoms with Crippen LogP contribution in [-0.2, 0) is 0 Å². The Morgan fingerprint density at radius 3 is 2.75 bits per heavy atom. The molecule has 2 heterocycles. The molecule has 0 bridgehead atoms. The van der Waals surface area contributed by atoms with Gasteiger partial charge in [-0.3, -0.25) is 0 Å². The van der Waals surface area contributed by atoms with Crippen molar-refractivity contribution in [3.05, 3.63) is 28.9 Å². The first-order chi connectivity index (χ1) is 11.6. The molecule has 1 saturated heterocycles. The molecule has 0 atom stereocenters. The Kier molecular flexibility index (Phi) is 5.04. The molecule has 0 aliphatic carbocycles. The average molecular weight is 348 g/mol. The number of piperidine rings is 1. The van der Waals surface area contributed by atoms with Crippen LogP contribution in [0.3, 0.4) is 0 Å². The fourth-order valence-electron chi connectivity index (χ4n) is 2.76. The molecule has 0 saturated carbocycles. The molecular weight excluding hydrogens is 326 g/mol. The van der Waals surface area contributed by atoms with Crippen LogP contribution in [-0.4, -0.2) is 35.4 Å². The van der Waals surface area contributed by atoms with Crippen molar-refractivity contribution >= 4 is 29.1 Å². The van der Waals surface area contributed by atoms with Crippen molar-refractivity contribution in [1.29, 1.82) is 0 Å². The monoisotopic (exact) mass is 347 g/mol. The molecule has 128 valence electrons. The van der Waals surface area contributed by atoms with E-state index < -0.39 is 0 Å². The van der Waals surface area contributed by atoms with Gasteiger partial charge >= 0.3 is 0 Å². The Hall–Kier alpha value is -2.08. The molecule has 1 N–H and O–H groups in total. The maximum absolute atomic E-state index is 6.15. The summed E-state index contributed by atoms with van der Waals surface area (Å²) >= 11 is 6.15. The second-order valence-corrected chi connectivity index (χ2v) is 6.65. The van der Waals surface area contributed by atoms with Crippen LogP contribution in [0.4, 0.5) is 17.5 Å². The standard InChI is InChI=1S/C17H22ClN5O/c1-11-4-6-23(7-5-11)17-21-16(10-19-22-17)20-14-8-12(2)13(18)9-15(14)24-3/h8-11H,4-7H2,1-3H3,(H,20,21,22). The van der Waals surface area contributed by atoms with Crippen molar-refractivity contribution < 1.29 is 4.74 Å². The molecule has 6 nitrogen and oxygen atoms in total. The van der Waals surface area contributed by atoms with Crippen LogP contribution in [0.2, 0.25) is 5.02 Å². The average Bonchev–Trinajstić information content (AvgIpc) is 2.59. The SMILES string of the molecule is COc1cc(Cl)c(C)cc1Nc1cnnc(N2CCC(C)CC2)n1. The number of anilines is 3. The Balaban J connectivity index is 1.81. The highest BCUT2D eigenvalue weighted by molar-refractivity contribution is 6.31. The van der Waals surface area contributed by atoms with E-state index in [4.69, 9.17) is 16.3 Å². The summed E-state index contributed by atoms with van der Waals surface area (Å²) in [6.45, 7) is 6.17. The van der Waals surface area contributed by atoms with Gasteiger partial charge in [0.2, 0.25) is 5.95 Å². The van der Waals surface area contributed by atoms with Gasteiger partial charge in [0.1, 0.15) is 5.75 Å². The topological polar surface area (TPSA) is 63.2 Å². The molecule has 1 aliphatic heterocycles. The predicted octanol–water partition coefficient (Wildman–Crippen LogP) is 3.82. The van der Waals surface area contributed by atoms with Crippen LogP contribution in [0.25, 0.3) is 0 Å². The molecule has 0 radical (unpaired) electrons. The Labute approximate surface area is 147 Å². The maximum atomic E-state index is 6.15. The molecule has 0 unspecified atom stereocenters. The molecular formula is C17H22ClN5O. The quantitative estimate of drug-likeness (QED) is 0.907. The summed E-state index contributed by atoms with van der Waals surface area (Å²) in [5, 5.41) is 12.2. The van der Waals surface area contributed by atoms with Gasteiger partial charge in [-0.05, 0) is 37.3 Å². The highest BCUT2D eigenvalue weighted by atomic mass is 35.5. The molecule has 1 aromatic heterocycles. The minimum Gasteiger partial charge on any atom is -0.495 e. The van der Waals surface area contributed by atoms with Gasteiger partial charge in [0.05, 0.1) is 19.0 Å². The summed E-state index contributed by atoms with van der Waals surface area (Å²) in [4.78, 5) is 6.78. The first-order valence-corrected chi connectivity index (χ1v) is 8.50. The van der Waals surface area contributed by atoms with Gasteiger partial charge in [0.25, 0.3) is 0 Å². The maximum Gasteiger partial charge on any atom is 0.247 e. The highest BCUT2D eigenvalue weighted by Crippen LogP contribution is 2.32. The lowest BCUT2D eigenvalue weighted by atomic mass is 10.00. The van der Waals surface area contributed by atoms with E-state index in [1.165, 1.54) is 0 Å². The smallest absolute Gasteiger partial charge is 0.247 e. The fraction of sp³-hybridized carbons (Fsp3) is 0.471. The summed E-state index contributed by atoms with van der Waals surface area (Å²) in [7, 11) is 1.62. The van der Waals surface area contributed by atoms with Crippen LogP contribution >= 0.6 is 11.6 Å². The van der Waals surface area contributed by atoms with E-state index >= 15 is 0 Å². The number of hydrogen-bond acceptors (Lipinski definition) is 6. The van der Waals surface area contributed by atoms with E-state index in [-0.39, 0.29) is 0 Å². The number of ether oxygens (including phenoxy) is 1. The van der Waals surface area contributed by atoms with Crippen LogP contribution in [0.15, 0.2) is 18.3 Å². The minimum atomic E-state index is 0.638. The van der Waals surface area contributed by atoms with Gasteiger partial charge in [0.15, 0.2) is 5.82 Å². The van der Waals surface area contributed by atoms with E-state index in [2.05, 4.69) is 32.3 Å². The number of halogens is 1. The van der Waals surface area contributed by atoms with E-state index in [0.717, 1.165) is 43.1 Å². The molecule has 1 aliphatic rings. The normalized spacial score (nSPS) is 15.4. The van der Waals surface area contributed by atoms with Crippen molar-refractivity contribution in [3.63, 3.8) is 0 Å². The Morgan fingerprint density at radius 1 is 1.29 bits per heavy atom. The lowest BCUT2D eigenvalue weighted by molar-refractivity contribution is 0.416. The van der Waals surface area contributed by atoms with E-state index in [0.29, 0.717) is 22.5 Å². The van der Waals surface area contributed by atoms with Crippen LogP contribution in [0.1, 0.15) is 25.3 Å². The minimum absolute atomic E-state index is 0.638. The molecule has 3 rings (SSSR count). The van der Waals surface area contributed by atoms with E-state index in [1.54, 1.807) is 19.4 Å². The number of methoxy groups -OCH3 is 1. The summed E-state index contributed by atoms with van der Waals surface area (Å²) in [5.41, 5.74) is 1.77. The van der Waals surface area contributed by atoms with Gasteiger partial charge in [-0.2, -0.15) is 10.1 Å². The summed E-state index contributed by atoms with van der Waals surface area (Å²) in [6, 6.07) is 3.73. The van der Waals surface area contributed by atoms with Gasteiger partial charge in [-0.25, -0.2) is 0 Å². The van der Waals surface area contributed by atoms with Crippen molar-refractivity contribution in [2.24, 2.45) is 5.92 Å². The first kappa shape index (κ1) is 16.8. The lowest BCUT2D eigenvalue weighted by Crippen LogP contribution is -2.34. The first-order valence-electron chi connectivity index (χ1n) is 8.12. The van der Waals surface area contributed by atoms with Crippen molar-refractivity contribution in [3.8, 4) is 5.75 Å². The number of aryl methyl sites for hydroxylation is 1. The van der Waals surface area contributed by atoms with Crippen molar-refractivity contribution in [2.45, 2.75) is 26.7 Å². The van der Waals surface area contributed by atoms with Crippen LogP contribution < -0.4 is 15.0 Å². The number of benzene rings is 1. The van der Waals surface area contributed by atoms with Gasteiger partial charge in [-0.1, -0.05) is 18.5 Å². The van der Waals surface area contributed by atoms with E-state index in [1.807, 2.05) is 13.0 Å². The molecule has 1 fully saturated rings. The largest absolute Gasteiger partial charge is 0.495 e. The molecule has 0 amide bonds. The zero-order valence-electron chi connectivity index (χ0n) is 14.2. The zero-order valence-corrected chi connectivity index (χ0v) is 15.0. The third kappa shape index (κ3) is 3.70. The fourth-order valence-corrected chi connectivity index (χ4v) is 2.92. The Bertz CT molecular complexity index is 716. The Morgan fingerprint density at radius 2 is 2.04 bits per heavy atom. The summed E-state index contributed by atoms with van der Waals surface area (Å²) < 4.78 is 5.39. The van der Waals surface area contributed by atoms with Crippen molar-refractivity contribution in [2.75, 3.05) is 30.4 Å². The van der Waals surface area contributed by atoms with Gasteiger partial charge < -0.3 is 15.0 Å². The molecule has 0 spiro atoms. The van der Waals surface area contributed by atoms with Crippen LogP contribution in [0.5, 0.6) is 5.75 Å². The number of hydrogen-bond donors (Lipinski definition) is 1. The van der Waals surface area contributed by atoms with Gasteiger partial charge in [0, 0.05) is 24.2 Å². The number of rotatable bonds is 4. The predicted molar refractivity (Wildman–Crippen MR) is 96.5 cm³/mol. The molecule has 1 aromatic carbocycles. The van der Waals surface area contributed by atoms with Gasteiger partial charge in [-0.15, -0.1) is 5.10 Å². The second-order valence-electron chi connectivity index (χ2n) is 6.24. The number of nitrogens with zero attached hydrogens (tertiary/aromatic N) is 4. The highest BCUT2D eigenvalue weighted by Gasteiger charge is 2.19. The van der Waals surface area contributed by atoms with E-state index in [9.17, 15) is 0 Å². The third-order valence-corrected chi connectivity index (χ3v) is 4.76. The van der Waals surface area contributed by atoms with Crippen molar-refractivity contribution in [1.82, 2.24) is 15.2 Å². The zero-order chi connectivity index (χ0) is 17.1. The summed E-state index contributed by atoms with van der Waals surface area (Å²) in [5.74, 6) is 2.73. The summed E-state index contributed by atoms with van der Waals surface area (Å²) in [6.07, 6.45) is 3.93. The number of nitrogens with one attached hydrogen (secondary N) is 1. The third-order valence-electron chi connectivity index (χ3n) is 4.36. The lowest BCUT2D eigenvalue weighted by Gasteiger charge is -2.29. The number of aromatic nitrogens is 3. The van der Waals surface area contributed by atoms with Crippen LogP contribution in [0, 0.1) is 12.8 Å². The molecule has 24 heavy (non-hydrogen) atoms. The molecule has 2 aromatic rings. The molecule has 7 heteroatoms.